The number of benzene rings is 3. The van der Waals surface area contributed by atoms with Crippen molar-refractivity contribution in [3.05, 3.63) is 82.1 Å². The summed E-state index contributed by atoms with van der Waals surface area (Å²) in [6.45, 7) is -0.0748. The molecule has 0 atom stereocenters. The quantitative estimate of drug-likeness (QED) is 0.193. The van der Waals surface area contributed by atoms with Crippen LogP contribution in [0, 0.1) is 10.1 Å². The van der Waals surface area contributed by atoms with Gasteiger partial charge >= 0.3 is 5.91 Å². The normalized spacial score (nSPS) is 11.4. The molecule has 9 heteroatoms. The van der Waals surface area contributed by atoms with Crippen molar-refractivity contribution in [2.45, 2.75) is 4.90 Å². The van der Waals surface area contributed by atoms with Crippen LogP contribution in [-0.4, -0.2) is 34.5 Å². The first-order chi connectivity index (χ1) is 15.1. The van der Waals surface area contributed by atoms with Crippen molar-refractivity contribution >= 4 is 51.3 Å². The van der Waals surface area contributed by atoms with E-state index in [9.17, 15) is 14.9 Å². The maximum absolute atomic E-state index is 12.4. The molecule has 0 bridgehead atoms. The number of nitrogens with one attached hydrogen (secondary N) is 1. The van der Waals surface area contributed by atoms with Crippen LogP contribution in [0.4, 0.5) is 5.69 Å². The first-order valence-electron chi connectivity index (χ1n) is 9.33. The molecular formula is C22H17N3O5S. The van der Waals surface area contributed by atoms with Gasteiger partial charge in [-0.1, -0.05) is 36.4 Å². The van der Waals surface area contributed by atoms with E-state index in [2.05, 4.69) is 10.5 Å². The van der Waals surface area contributed by atoms with Gasteiger partial charge in [0.25, 0.3) is 5.69 Å². The van der Waals surface area contributed by atoms with Gasteiger partial charge < -0.3 is 9.52 Å². The van der Waals surface area contributed by atoms with Crippen molar-refractivity contribution in [2.24, 2.45) is 5.10 Å². The summed E-state index contributed by atoms with van der Waals surface area (Å²) in [4.78, 5) is 23.7. The maximum atomic E-state index is 12.4. The Morgan fingerprint density at radius 3 is 2.81 bits per heavy atom. The van der Waals surface area contributed by atoms with Crippen molar-refractivity contribution in [1.29, 1.82) is 0 Å². The Labute approximate surface area is 180 Å². The van der Waals surface area contributed by atoms with Gasteiger partial charge in [0.15, 0.2) is 5.76 Å². The number of fused-ring (bicyclic) bond motifs is 3. The number of nitro benzene ring substituents is 1. The minimum atomic E-state index is -0.527. The average molecular weight is 435 g/mol. The predicted octanol–water partition coefficient (Wildman–Crippen LogP) is 4.34. The number of carbonyl (C=O) groups excluding carboxylic acids is 1. The second-order valence-corrected chi connectivity index (χ2v) is 7.70. The Kier molecular flexibility index (Phi) is 5.96. The number of hydrogen-bond acceptors (Lipinski definition) is 7. The van der Waals surface area contributed by atoms with E-state index in [4.69, 9.17) is 9.52 Å². The van der Waals surface area contributed by atoms with E-state index in [1.165, 1.54) is 24.0 Å². The van der Waals surface area contributed by atoms with Crippen LogP contribution in [0.3, 0.4) is 0 Å². The van der Waals surface area contributed by atoms with Gasteiger partial charge in [0.1, 0.15) is 5.58 Å². The number of thioether (sulfide) groups is 1. The molecule has 4 rings (SSSR count). The molecule has 0 saturated carbocycles. The molecule has 0 fully saturated rings. The minimum Gasteiger partial charge on any atom is -0.451 e. The highest BCUT2D eigenvalue weighted by Gasteiger charge is 2.15. The highest BCUT2D eigenvalue weighted by Crippen LogP contribution is 2.30. The topological polar surface area (TPSA) is 118 Å². The number of aliphatic hydroxyl groups excluding tert-OH is 1. The molecule has 156 valence electrons. The van der Waals surface area contributed by atoms with Crippen LogP contribution in [0.1, 0.15) is 16.1 Å². The van der Waals surface area contributed by atoms with Crippen LogP contribution in [0.25, 0.3) is 21.7 Å². The Morgan fingerprint density at radius 2 is 2.00 bits per heavy atom. The summed E-state index contributed by atoms with van der Waals surface area (Å²) in [6, 6.07) is 17.8. The fraction of sp³-hybridized carbons (Fsp3) is 0.0909. The van der Waals surface area contributed by atoms with Gasteiger partial charge in [-0.3, -0.25) is 14.9 Å². The molecule has 0 aliphatic rings. The van der Waals surface area contributed by atoms with Gasteiger partial charge in [-0.2, -0.15) is 5.10 Å². The van der Waals surface area contributed by atoms with Crippen LogP contribution in [0.15, 0.2) is 75.1 Å². The molecule has 0 radical (unpaired) electrons. The summed E-state index contributed by atoms with van der Waals surface area (Å²) >= 11 is 1.19. The van der Waals surface area contributed by atoms with Crippen molar-refractivity contribution in [3.63, 3.8) is 0 Å². The SMILES string of the molecule is O=C(N/N=C\c1ccc(SCCO)c([N+](=O)[O-])c1)c1cc2c(ccc3ccccc32)o1. The van der Waals surface area contributed by atoms with Crippen molar-refractivity contribution in [1.82, 2.24) is 5.43 Å². The largest absolute Gasteiger partial charge is 0.451 e. The van der Waals surface area contributed by atoms with E-state index in [1.807, 2.05) is 36.4 Å². The fourth-order valence-electron chi connectivity index (χ4n) is 3.16. The smallest absolute Gasteiger partial charge is 0.307 e. The molecule has 0 spiro atoms. The van der Waals surface area contributed by atoms with Gasteiger partial charge in [0.05, 0.1) is 22.6 Å². The number of hydrazone groups is 1. The number of aliphatic hydroxyl groups is 1. The van der Waals surface area contributed by atoms with E-state index in [0.29, 0.717) is 21.8 Å². The Morgan fingerprint density at radius 1 is 1.16 bits per heavy atom. The zero-order chi connectivity index (χ0) is 21.8. The third-order valence-corrected chi connectivity index (χ3v) is 5.60. The Hall–Kier alpha value is -3.69. The molecule has 3 aromatic carbocycles. The number of furan rings is 1. The summed E-state index contributed by atoms with van der Waals surface area (Å²) < 4.78 is 5.65. The summed E-state index contributed by atoms with van der Waals surface area (Å²) in [7, 11) is 0. The molecule has 1 amide bonds. The molecule has 0 unspecified atom stereocenters. The average Bonchev–Trinajstić information content (AvgIpc) is 3.23. The molecule has 1 heterocycles. The van der Waals surface area contributed by atoms with E-state index in [-0.39, 0.29) is 18.1 Å². The molecule has 2 N–H and O–H groups in total. The number of nitrogens with zero attached hydrogens (tertiary/aromatic N) is 2. The van der Waals surface area contributed by atoms with Gasteiger partial charge in [-0.15, -0.1) is 11.8 Å². The monoisotopic (exact) mass is 435 g/mol. The number of carbonyl (C=O) groups is 1. The highest BCUT2D eigenvalue weighted by molar-refractivity contribution is 7.99. The van der Waals surface area contributed by atoms with E-state index in [0.717, 1.165) is 16.2 Å². The standard InChI is InChI=1S/C22H17N3O5S/c26-9-10-31-21-8-5-14(11-18(21)25(28)29)13-23-24-22(27)20-12-17-16-4-2-1-3-15(16)6-7-19(17)30-20/h1-8,11-13,26H,9-10H2,(H,24,27)/b23-13-. The molecule has 31 heavy (non-hydrogen) atoms. The molecule has 8 nitrogen and oxygen atoms in total. The lowest BCUT2D eigenvalue weighted by atomic mass is 10.1. The first kappa shape index (κ1) is 20.6. The summed E-state index contributed by atoms with van der Waals surface area (Å²) in [6.07, 6.45) is 1.32. The van der Waals surface area contributed by atoms with Crippen LogP contribution in [0.2, 0.25) is 0 Å². The van der Waals surface area contributed by atoms with Gasteiger partial charge in [0, 0.05) is 22.8 Å². The summed E-state index contributed by atoms with van der Waals surface area (Å²) in [5.74, 6) is -0.0525. The second kappa shape index (κ2) is 8.99. The minimum absolute atomic E-state index is 0.0748. The molecule has 1 aromatic heterocycles. The van der Waals surface area contributed by atoms with Gasteiger partial charge in [0.2, 0.25) is 0 Å². The lowest BCUT2D eigenvalue weighted by Gasteiger charge is -2.02. The van der Waals surface area contributed by atoms with Gasteiger partial charge in [-0.25, -0.2) is 5.43 Å². The Bertz CT molecular complexity index is 1320. The highest BCUT2D eigenvalue weighted by atomic mass is 32.2. The van der Waals surface area contributed by atoms with Crippen molar-refractivity contribution in [2.75, 3.05) is 12.4 Å². The molecule has 0 saturated heterocycles. The number of amides is 1. The fourth-order valence-corrected chi connectivity index (χ4v) is 3.92. The van der Waals surface area contributed by atoms with Gasteiger partial charge in [-0.05, 0) is 29.0 Å². The van der Waals surface area contributed by atoms with Crippen molar-refractivity contribution in [3.8, 4) is 0 Å². The van der Waals surface area contributed by atoms with Crippen LogP contribution < -0.4 is 5.43 Å². The van der Waals surface area contributed by atoms with Crippen molar-refractivity contribution < 1.29 is 19.2 Å². The second-order valence-electron chi connectivity index (χ2n) is 6.56. The molecular weight excluding hydrogens is 418 g/mol. The van der Waals surface area contributed by atoms with E-state index in [1.54, 1.807) is 18.2 Å². The molecule has 4 aromatic rings. The first-order valence-corrected chi connectivity index (χ1v) is 10.3. The third-order valence-electron chi connectivity index (χ3n) is 4.56. The summed E-state index contributed by atoms with van der Waals surface area (Å²) in [5, 5.41) is 26.9. The maximum Gasteiger partial charge on any atom is 0.307 e. The zero-order valence-electron chi connectivity index (χ0n) is 16.1. The summed E-state index contributed by atoms with van der Waals surface area (Å²) in [5.41, 5.74) is 3.35. The molecule has 0 aliphatic carbocycles. The Balaban J connectivity index is 1.51. The van der Waals surface area contributed by atoms with Crippen LogP contribution in [0.5, 0.6) is 0 Å². The lowest BCUT2D eigenvalue weighted by Crippen LogP contribution is -2.16. The van der Waals surface area contributed by atoms with E-state index < -0.39 is 10.8 Å². The van der Waals surface area contributed by atoms with Crippen LogP contribution in [-0.2, 0) is 0 Å². The number of rotatable bonds is 7. The predicted molar refractivity (Wildman–Crippen MR) is 120 cm³/mol. The third kappa shape index (κ3) is 4.42. The molecule has 0 aliphatic heterocycles. The number of hydrogen-bond donors (Lipinski definition) is 2. The lowest BCUT2D eigenvalue weighted by molar-refractivity contribution is -0.387. The zero-order valence-corrected chi connectivity index (χ0v) is 17.0. The van der Waals surface area contributed by atoms with E-state index >= 15 is 0 Å². The van der Waals surface area contributed by atoms with Crippen LogP contribution >= 0.6 is 11.8 Å². The number of nitro groups is 1.